The quantitative estimate of drug-likeness (QED) is 0.422. The Labute approximate surface area is 188 Å². The molecule has 0 spiro atoms. The number of sulfonamides is 1. The number of rotatable bonds is 7. The van der Waals surface area contributed by atoms with Gasteiger partial charge in [0.25, 0.3) is 10.0 Å². The first kappa shape index (κ1) is 21.6. The van der Waals surface area contributed by atoms with Gasteiger partial charge < -0.3 is 4.74 Å². The van der Waals surface area contributed by atoms with Crippen LogP contribution < -0.4 is 9.46 Å². The molecule has 1 N–H and O–H groups in total. The van der Waals surface area contributed by atoms with Crippen molar-refractivity contribution in [3.8, 4) is 22.7 Å². The smallest absolute Gasteiger partial charge is 0.263 e. The van der Waals surface area contributed by atoms with Gasteiger partial charge in [-0.25, -0.2) is 13.1 Å². The predicted octanol–water partition coefficient (Wildman–Crippen LogP) is 5.22. The Morgan fingerprint density at radius 1 is 0.938 bits per heavy atom. The van der Waals surface area contributed by atoms with Crippen LogP contribution in [0.25, 0.3) is 16.9 Å². The van der Waals surface area contributed by atoms with Crippen LogP contribution in [0.15, 0.2) is 83.8 Å². The number of anilines is 1. The van der Waals surface area contributed by atoms with Gasteiger partial charge in [-0.05, 0) is 67.4 Å². The number of nitrogens with zero attached hydrogens (tertiary/aromatic N) is 2. The standard InChI is InChI=1S/C25H25N3O3S/c1-4-19-7-15-23(16-8-19)32(29,30)27-25-17-24(20-9-13-22(31-3)14-10-20)26-28(25)21-11-5-18(2)6-12-21/h5-17,27H,4H2,1-3H3. The van der Waals surface area contributed by atoms with Crippen molar-refractivity contribution >= 4 is 15.8 Å². The van der Waals surface area contributed by atoms with Crippen molar-refractivity contribution in [3.63, 3.8) is 0 Å². The molecule has 6 nitrogen and oxygen atoms in total. The highest BCUT2D eigenvalue weighted by molar-refractivity contribution is 7.92. The molecule has 0 aliphatic rings. The van der Waals surface area contributed by atoms with E-state index < -0.39 is 10.0 Å². The molecular weight excluding hydrogens is 422 g/mol. The summed E-state index contributed by atoms with van der Waals surface area (Å²) in [5.74, 6) is 1.10. The number of methoxy groups -OCH3 is 1. The molecule has 32 heavy (non-hydrogen) atoms. The van der Waals surface area contributed by atoms with Gasteiger partial charge in [-0.2, -0.15) is 5.10 Å². The van der Waals surface area contributed by atoms with Gasteiger partial charge in [0.2, 0.25) is 0 Å². The van der Waals surface area contributed by atoms with Crippen LogP contribution in [0.3, 0.4) is 0 Å². The molecule has 7 heteroatoms. The molecule has 3 aromatic carbocycles. The van der Waals surface area contributed by atoms with Crippen LogP contribution in [-0.2, 0) is 16.4 Å². The highest BCUT2D eigenvalue weighted by Gasteiger charge is 2.19. The third-order valence-corrected chi connectivity index (χ3v) is 6.63. The van der Waals surface area contributed by atoms with Gasteiger partial charge in [-0.1, -0.05) is 36.8 Å². The minimum absolute atomic E-state index is 0.206. The zero-order chi connectivity index (χ0) is 22.7. The van der Waals surface area contributed by atoms with Gasteiger partial charge in [-0.3, -0.25) is 4.72 Å². The van der Waals surface area contributed by atoms with Crippen LogP contribution in [0.2, 0.25) is 0 Å². The van der Waals surface area contributed by atoms with Crippen molar-refractivity contribution in [2.24, 2.45) is 0 Å². The first-order valence-electron chi connectivity index (χ1n) is 10.3. The minimum atomic E-state index is -3.79. The summed E-state index contributed by atoms with van der Waals surface area (Å²) in [5, 5.41) is 4.69. The molecule has 4 rings (SSSR count). The van der Waals surface area contributed by atoms with E-state index in [2.05, 4.69) is 9.82 Å². The molecule has 0 radical (unpaired) electrons. The van der Waals surface area contributed by atoms with Gasteiger partial charge in [0, 0.05) is 11.6 Å². The molecule has 164 valence electrons. The number of hydrogen-bond donors (Lipinski definition) is 1. The Morgan fingerprint density at radius 2 is 1.59 bits per heavy atom. The van der Waals surface area contributed by atoms with E-state index in [1.54, 1.807) is 30.0 Å². The first-order chi connectivity index (χ1) is 15.4. The lowest BCUT2D eigenvalue weighted by molar-refractivity contribution is 0.415. The van der Waals surface area contributed by atoms with Gasteiger partial charge >= 0.3 is 0 Å². The Morgan fingerprint density at radius 3 is 2.19 bits per heavy atom. The summed E-state index contributed by atoms with van der Waals surface area (Å²) in [6.45, 7) is 4.03. The molecule has 0 fully saturated rings. The van der Waals surface area contributed by atoms with E-state index >= 15 is 0 Å². The molecule has 0 saturated carbocycles. The number of benzene rings is 3. The fraction of sp³-hybridized carbons (Fsp3) is 0.160. The SMILES string of the molecule is CCc1ccc(S(=O)(=O)Nc2cc(-c3ccc(OC)cc3)nn2-c2ccc(C)cc2)cc1. The summed E-state index contributed by atoms with van der Waals surface area (Å²) in [5.41, 5.74) is 4.44. The summed E-state index contributed by atoms with van der Waals surface area (Å²) in [6.07, 6.45) is 0.846. The second-order valence-corrected chi connectivity index (χ2v) is 9.18. The molecule has 1 heterocycles. The Balaban J connectivity index is 1.76. The third-order valence-electron chi connectivity index (χ3n) is 5.25. The predicted molar refractivity (Wildman–Crippen MR) is 127 cm³/mol. The summed E-state index contributed by atoms with van der Waals surface area (Å²) < 4.78 is 35.7. The number of nitrogens with one attached hydrogen (secondary N) is 1. The molecule has 0 saturated heterocycles. The summed E-state index contributed by atoms with van der Waals surface area (Å²) in [6, 6.07) is 23.9. The normalized spacial score (nSPS) is 11.3. The minimum Gasteiger partial charge on any atom is -0.497 e. The van der Waals surface area contributed by atoms with Crippen molar-refractivity contribution in [3.05, 3.63) is 90.0 Å². The number of hydrogen-bond acceptors (Lipinski definition) is 4. The monoisotopic (exact) mass is 447 g/mol. The van der Waals surface area contributed by atoms with Crippen molar-refractivity contribution in [1.82, 2.24) is 9.78 Å². The largest absolute Gasteiger partial charge is 0.497 e. The van der Waals surface area contributed by atoms with Gasteiger partial charge in [0.05, 0.1) is 23.4 Å². The summed E-state index contributed by atoms with van der Waals surface area (Å²) in [4.78, 5) is 0.206. The highest BCUT2D eigenvalue weighted by atomic mass is 32.2. The third kappa shape index (κ3) is 4.53. The molecule has 0 unspecified atom stereocenters. The zero-order valence-corrected chi connectivity index (χ0v) is 19.1. The maximum Gasteiger partial charge on any atom is 0.263 e. The fourth-order valence-corrected chi connectivity index (χ4v) is 4.37. The number of ether oxygens (including phenoxy) is 1. The maximum absolute atomic E-state index is 13.1. The summed E-state index contributed by atoms with van der Waals surface area (Å²) in [7, 11) is -2.18. The number of aromatic nitrogens is 2. The lowest BCUT2D eigenvalue weighted by Crippen LogP contribution is -2.16. The van der Waals surface area contributed by atoms with Gasteiger partial charge in [0.1, 0.15) is 11.6 Å². The van der Waals surface area contributed by atoms with Crippen LogP contribution in [0.5, 0.6) is 5.75 Å². The zero-order valence-electron chi connectivity index (χ0n) is 18.2. The van der Waals surface area contributed by atoms with E-state index in [-0.39, 0.29) is 4.90 Å². The first-order valence-corrected chi connectivity index (χ1v) is 11.8. The Bertz CT molecular complexity index is 1310. The molecule has 0 bridgehead atoms. The lowest BCUT2D eigenvalue weighted by atomic mass is 10.1. The molecule has 0 amide bonds. The topological polar surface area (TPSA) is 73.2 Å². The molecular formula is C25H25N3O3S. The second kappa shape index (κ2) is 8.88. The van der Waals surface area contributed by atoms with Crippen molar-refractivity contribution in [1.29, 1.82) is 0 Å². The van der Waals surface area contributed by atoms with Crippen LogP contribution in [-0.4, -0.2) is 25.3 Å². The van der Waals surface area contributed by atoms with Crippen molar-refractivity contribution in [2.75, 3.05) is 11.8 Å². The van der Waals surface area contributed by atoms with E-state index in [4.69, 9.17) is 4.74 Å². The van der Waals surface area contributed by atoms with Crippen molar-refractivity contribution < 1.29 is 13.2 Å². The van der Waals surface area contributed by atoms with E-state index in [0.29, 0.717) is 11.5 Å². The van der Waals surface area contributed by atoms with Gasteiger partial charge in [0.15, 0.2) is 0 Å². The molecule has 4 aromatic rings. The molecule has 0 aliphatic heterocycles. The Kier molecular flexibility index (Phi) is 6.01. The summed E-state index contributed by atoms with van der Waals surface area (Å²) >= 11 is 0. The average Bonchev–Trinajstić information content (AvgIpc) is 3.22. The Hall–Kier alpha value is -3.58. The molecule has 0 atom stereocenters. The van der Waals surface area contributed by atoms with E-state index in [1.165, 1.54) is 0 Å². The second-order valence-electron chi connectivity index (χ2n) is 7.49. The van der Waals surface area contributed by atoms with Crippen LogP contribution >= 0.6 is 0 Å². The number of aryl methyl sites for hydroxylation is 2. The van der Waals surface area contributed by atoms with Crippen LogP contribution in [0.4, 0.5) is 5.82 Å². The van der Waals surface area contributed by atoms with E-state index in [1.807, 2.05) is 74.5 Å². The maximum atomic E-state index is 13.1. The molecule has 1 aromatic heterocycles. The van der Waals surface area contributed by atoms with E-state index in [9.17, 15) is 8.42 Å². The van der Waals surface area contributed by atoms with Gasteiger partial charge in [-0.15, -0.1) is 0 Å². The lowest BCUT2D eigenvalue weighted by Gasteiger charge is -2.11. The molecule has 0 aliphatic carbocycles. The van der Waals surface area contributed by atoms with Crippen molar-refractivity contribution in [2.45, 2.75) is 25.2 Å². The fourth-order valence-electron chi connectivity index (χ4n) is 3.34. The van der Waals surface area contributed by atoms with E-state index in [0.717, 1.165) is 34.5 Å². The van der Waals surface area contributed by atoms with Crippen LogP contribution in [0.1, 0.15) is 18.1 Å². The average molecular weight is 448 g/mol. The highest BCUT2D eigenvalue weighted by Crippen LogP contribution is 2.28. The van der Waals surface area contributed by atoms with Crippen LogP contribution in [0, 0.1) is 6.92 Å².